The molecule has 10 heteroatoms. The number of hydrogen-bond donors (Lipinski definition) is 2. The average Bonchev–Trinajstić information content (AvgIpc) is 2.39. The summed E-state index contributed by atoms with van der Waals surface area (Å²) in [6.07, 6.45) is 1.44. The predicted molar refractivity (Wildman–Crippen MR) is 88.6 cm³/mol. The normalized spacial score (nSPS) is 11.4. The number of sulfonamides is 1. The van der Waals surface area contributed by atoms with Gasteiger partial charge >= 0.3 is 0 Å². The lowest BCUT2D eigenvalue weighted by molar-refractivity contribution is 0.601. The van der Waals surface area contributed by atoms with E-state index in [0.29, 0.717) is 4.47 Å². The highest BCUT2D eigenvalue weighted by Crippen LogP contribution is 2.34. The fourth-order valence-electron chi connectivity index (χ4n) is 1.45. The number of anilines is 2. The number of nitrogens with two attached hydrogens (primary N) is 1. The highest BCUT2D eigenvalue weighted by molar-refractivity contribution is 9.10. The van der Waals surface area contributed by atoms with Crippen LogP contribution in [0.3, 0.4) is 0 Å². The van der Waals surface area contributed by atoms with Crippen molar-refractivity contribution in [1.82, 2.24) is 4.98 Å². The van der Waals surface area contributed by atoms with Crippen molar-refractivity contribution in [3.05, 3.63) is 44.1 Å². The van der Waals surface area contributed by atoms with Gasteiger partial charge in [0, 0.05) is 10.7 Å². The Labute approximate surface area is 144 Å². The molecule has 2 aromatic rings. The van der Waals surface area contributed by atoms with Gasteiger partial charge in [0.15, 0.2) is 5.15 Å². The van der Waals surface area contributed by atoms with Gasteiger partial charge in [0.25, 0.3) is 10.0 Å². The van der Waals surface area contributed by atoms with Crippen molar-refractivity contribution in [3.63, 3.8) is 0 Å². The molecule has 2 rings (SSSR count). The molecule has 0 radical (unpaired) electrons. The number of nitrogens with one attached hydrogen (secondary N) is 1. The zero-order valence-electron chi connectivity index (χ0n) is 10.1. The standard InChI is InChI=1S/C11H7BrCl3N3O2S/c12-5-3-7(11(15)17-4-5)18-21(19,20)8-2-1-6(13)10(16)9(8)14/h1-4,18H,16H2. The molecule has 1 heterocycles. The van der Waals surface area contributed by atoms with E-state index in [1.807, 2.05) is 0 Å². The second kappa shape index (κ2) is 6.18. The molecule has 0 atom stereocenters. The molecule has 3 N–H and O–H groups in total. The molecule has 0 aliphatic carbocycles. The number of nitrogen functional groups attached to an aromatic ring is 1. The van der Waals surface area contributed by atoms with Crippen molar-refractivity contribution in [3.8, 4) is 0 Å². The van der Waals surface area contributed by atoms with E-state index < -0.39 is 10.0 Å². The summed E-state index contributed by atoms with van der Waals surface area (Å²) in [7, 11) is -3.99. The van der Waals surface area contributed by atoms with E-state index >= 15 is 0 Å². The molecule has 21 heavy (non-hydrogen) atoms. The summed E-state index contributed by atoms with van der Waals surface area (Å²) in [5.74, 6) is 0. The summed E-state index contributed by atoms with van der Waals surface area (Å²) < 4.78 is 27.6. The third kappa shape index (κ3) is 3.54. The van der Waals surface area contributed by atoms with Gasteiger partial charge in [-0.3, -0.25) is 4.72 Å². The van der Waals surface area contributed by atoms with Gasteiger partial charge in [0.05, 0.1) is 21.4 Å². The molecule has 1 aromatic heterocycles. The van der Waals surface area contributed by atoms with E-state index in [0.717, 1.165) is 0 Å². The maximum Gasteiger partial charge on any atom is 0.263 e. The van der Waals surface area contributed by atoms with E-state index in [1.54, 1.807) is 0 Å². The molecule has 0 aliphatic rings. The Morgan fingerprint density at radius 3 is 2.57 bits per heavy atom. The maximum absolute atomic E-state index is 12.4. The summed E-state index contributed by atoms with van der Waals surface area (Å²) in [5.41, 5.74) is 5.72. The highest BCUT2D eigenvalue weighted by Gasteiger charge is 2.22. The van der Waals surface area contributed by atoms with Gasteiger partial charge in [-0.25, -0.2) is 13.4 Å². The molecule has 0 unspecified atom stereocenters. The lowest BCUT2D eigenvalue weighted by atomic mass is 10.3. The number of aromatic nitrogens is 1. The molecule has 0 bridgehead atoms. The largest absolute Gasteiger partial charge is 0.396 e. The quantitative estimate of drug-likeness (QED) is 0.564. The lowest BCUT2D eigenvalue weighted by Gasteiger charge is -2.12. The van der Waals surface area contributed by atoms with Crippen LogP contribution in [0, 0.1) is 0 Å². The Balaban J connectivity index is 2.49. The van der Waals surface area contributed by atoms with Crippen molar-refractivity contribution in [1.29, 1.82) is 0 Å². The van der Waals surface area contributed by atoms with Crippen LogP contribution in [0.5, 0.6) is 0 Å². The third-order valence-corrected chi connectivity index (χ3v) is 5.42. The molecule has 0 fully saturated rings. The molecule has 1 aromatic carbocycles. The molecule has 0 saturated heterocycles. The van der Waals surface area contributed by atoms with Gasteiger partial charge in [0.1, 0.15) is 4.90 Å². The molecule has 0 aliphatic heterocycles. The van der Waals surface area contributed by atoms with E-state index in [1.165, 1.54) is 24.4 Å². The minimum absolute atomic E-state index is 0.000155. The van der Waals surface area contributed by atoms with Crippen LogP contribution < -0.4 is 10.5 Å². The number of nitrogens with zero attached hydrogens (tertiary/aromatic N) is 1. The van der Waals surface area contributed by atoms with Gasteiger partial charge in [-0.2, -0.15) is 0 Å². The molecular weight excluding hydrogens is 424 g/mol. The van der Waals surface area contributed by atoms with Gasteiger partial charge in [-0.05, 0) is 34.1 Å². The zero-order chi connectivity index (χ0) is 15.8. The first kappa shape index (κ1) is 16.6. The summed E-state index contributed by atoms with van der Waals surface area (Å²) >= 11 is 20.7. The number of hydrogen-bond acceptors (Lipinski definition) is 4. The molecular formula is C11H7BrCl3N3O2S. The SMILES string of the molecule is Nc1c(Cl)ccc(S(=O)(=O)Nc2cc(Br)cnc2Cl)c1Cl. The first-order chi connectivity index (χ1) is 9.72. The fraction of sp³-hybridized carbons (Fsp3) is 0. The number of rotatable bonds is 3. The zero-order valence-corrected chi connectivity index (χ0v) is 14.7. The van der Waals surface area contributed by atoms with E-state index in [2.05, 4.69) is 25.6 Å². The lowest BCUT2D eigenvalue weighted by Crippen LogP contribution is -2.14. The van der Waals surface area contributed by atoms with Crippen LogP contribution in [0.4, 0.5) is 11.4 Å². The molecule has 0 saturated carbocycles. The fourth-order valence-corrected chi connectivity index (χ4v) is 3.81. The minimum Gasteiger partial charge on any atom is -0.396 e. The van der Waals surface area contributed by atoms with Crippen molar-refractivity contribution in [2.45, 2.75) is 4.90 Å². The second-order valence-electron chi connectivity index (χ2n) is 3.87. The van der Waals surface area contributed by atoms with Gasteiger partial charge in [-0.15, -0.1) is 0 Å². The number of pyridine rings is 1. The maximum atomic E-state index is 12.4. The number of benzene rings is 1. The van der Waals surface area contributed by atoms with Gasteiger partial charge in [-0.1, -0.05) is 34.8 Å². The van der Waals surface area contributed by atoms with Crippen LogP contribution in [0.1, 0.15) is 0 Å². The third-order valence-electron chi connectivity index (χ3n) is 2.43. The minimum atomic E-state index is -3.99. The van der Waals surface area contributed by atoms with Crippen molar-refractivity contribution in [2.75, 3.05) is 10.5 Å². The molecule has 0 spiro atoms. The Kier molecular flexibility index (Phi) is 4.89. The van der Waals surface area contributed by atoms with E-state index in [4.69, 9.17) is 40.5 Å². The topological polar surface area (TPSA) is 85.1 Å². The van der Waals surface area contributed by atoms with Crippen molar-refractivity contribution >= 4 is 72.1 Å². The average molecular weight is 432 g/mol. The Bertz CT molecular complexity index is 815. The van der Waals surface area contributed by atoms with Crippen molar-refractivity contribution in [2.24, 2.45) is 0 Å². The van der Waals surface area contributed by atoms with Crippen molar-refractivity contribution < 1.29 is 8.42 Å². The van der Waals surface area contributed by atoms with Gasteiger partial charge in [0.2, 0.25) is 0 Å². The summed E-state index contributed by atoms with van der Waals surface area (Å²) in [6, 6.07) is 4.07. The smallest absolute Gasteiger partial charge is 0.263 e. The summed E-state index contributed by atoms with van der Waals surface area (Å²) in [4.78, 5) is 3.62. The van der Waals surface area contributed by atoms with E-state index in [9.17, 15) is 8.42 Å². The predicted octanol–water partition coefficient (Wildman–Crippen LogP) is 4.19. The Hall–Kier alpha value is -0.730. The van der Waals surface area contributed by atoms with Crippen LogP contribution in [-0.2, 0) is 10.0 Å². The molecule has 0 amide bonds. The Morgan fingerprint density at radius 1 is 1.24 bits per heavy atom. The summed E-state index contributed by atoms with van der Waals surface area (Å²) in [6.45, 7) is 0. The Morgan fingerprint density at radius 2 is 1.90 bits per heavy atom. The highest BCUT2D eigenvalue weighted by atomic mass is 79.9. The molecule has 5 nitrogen and oxygen atoms in total. The van der Waals surface area contributed by atoms with Crippen LogP contribution >= 0.6 is 50.7 Å². The van der Waals surface area contributed by atoms with Crippen LogP contribution in [0.2, 0.25) is 15.2 Å². The second-order valence-corrected chi connectivity index (χ2v) is 7.58. The molecule has 112 valence electrons. The van der Waals surface area contributed by atoms with Crippen LogP contribution in [0.15, 0.2) is 33.8 Å². The number of halogens is 4. The van der Waals surface area contributed by atoms with Crippen LogP contribution in [0.25, 0.3) is 0 Å². The monoisotopic (exact) mass is 429 g/mol. The first-order valence-electron chi connectivity index (χ1n) is 5.29. The van der Waals surface area contributed by atoms with E-state index in [-0.39, 0.29) is 31.5 Å². The van der Waals surface area contributed by atoms with Gasteiger partial charge < -0.3 is 5.73 Å². The van der Waals surface area contributed by atoms with Crippen LogP contribution in [-0.4, -0.2) is 13.4 Å². The summed E-state index contributed by atoms with van der Waals surface area (Å²) in [5, 5.41) is 0.00927. The first-order valence-corrected chi connectivity index (χ1v) is 8.70.